The van der Waals surface area contributed by atoms with Crippen molar-refractivity contribution < 1.29 is 14.3 Å². The maximum Gasteiger partial charge on any atom is 0.259 e. The maximum atomic E-state index is 12.9. The van der Waals surface area contributed by atoms with Gasteiger partial charge >= 0.3 is 0 Å². The Morgan fingerprint density at radius 2 is 1.55 bits per heavy atom. The molecule has 0 radical (unpaired) electrons. The summed E-state index contributed by atoms with van der Waals surface area (Å²) in [5.41, 5.74) is 2.92. The average molecular weight is 410 g/mol. The minimum Gasteiger partial charge on any atom is -0.460 e. The van der Waals surface area contributed by atoms with Gasteiger partial charge in [0.25, 0.3) is 5.91 Å². The van der Waals surface area contributed by atoms with Crippen LogP contribution in [0.4, 0.5) is 5.69 Å². The van der Waals surface area contributed by atoms with Gasteiger partial charge in [0.05, 0.1) is 24.1 Å². The number of hydrogen-bond donors (Lipinski definition) is 1. The van der Waals surface area contributed by atoms with E-state index in [1.54, 1.807) is 42.7 Å². The van der Waals surface area contributed by atoms with E-state index in [9.17, 15) is 4.79 Å². The van der Waals surface area contributed by atoms with E-state index in [-0.39, 0.29) is 5.91 Å². The highest BCUT2D eigenvalue weighted by Crippen LogP contribution is 2.28. The van der Waals surface area contributed by atoms with Gasteiger partial charge in [-0.15, -0.1) is 0 Å². The Kier molecular flexibility index (Phi) is 6.67. The smallest absolute Gasteiger partial charge is 0.259 e. The number of benzene rings is 3. The summed E-state index contributed by atoms with van der Waals surface area (Å²) in [6, 6.07) is 30.2. The average Bonchev–Trinajstić information content (AvgIpc) is 2.84. The number of hydrogen-bond acceptors (Lipinski definition) is 4. The molecule has 1 N–H and O–H groups in total. The van der Waals surface area contributed by atoms with Crippen LogP contribution < -0.4 is 10.1 Å². The first-order chi connectivity index (χ1) is 15.3. The molecular formula is C26H22N2O3. The van der Waals surface area contributed by atoms with E-state index >= 15 is 0 Å². The zero-order valence-corrected chi connectivity index (χ0v) is 16.8. The van der Waals surface area contributed by atoms with Crippen LogP contribution in [-0.2, 0) is 11.3 Å². The number of carbonyl (C=O) groups is 1. The molecule has 0 saturated carbocycles. The lowest BCUT2D eigenvalue weighted by Gasteiger charge is -2.21. The highest BCUT2D eigenvalue weighted by molar-refractivity contribution is 6.06. The SMILES string of the molecule is O=C(Nc1cccnc1)c1ccccc1OC(OCc1ccccc1)c1ccccc1. The van der Waals surface area contributed by atoms with Crippen molar-refractivity contribution >= 4 is 11.6 Å². The molecule has 1 unspecified atom stereocenters. The van der Waals surface area contributed by atoms with Crippen LogP contribution in [0.5, 0.6) is 5.75 Å². The molecule has 0 aliphatic carbocycles. The molecule has 0 spiro atoms. The lowest BCUT2D eigenvalue weighted by molar-refractivity contribution is -0.0930. The van der Waals surface area contributed by atoms with Gasteiger partial charge < -0.3 is 14.8 Å². The summed E-state index contributed by atoms with van der Waals surface area (Å²) in [5.74, 6) is 0.157. The van der Waals surface area contributed by atoms with Gasteiger partial charge in [0.15, 0.2) is 0 Å². The minimum absolute atomic E-state index is 0.279. The first kappa shape index (κ1) is 20.3. The largest absolute Gasteiger partial charge is 0.460 e. The predicted octanol–water partition coefficient (Wildman–Crippen LogP) is 5.63. The first-order valence-corrected chi connectivity index (χ1v) is 9.97. The van der Waals surface area contributed by atoms with Crippen molar-refractivity contribution in [2.75, 3.05) is 5.32 Å². The Morgan fingerprint density at radius 1 is 0.839 bits per heavy atom. The number of anilines is 1. The molecule has 1 atom stereocenters. The zero-order chi connectivity index (χ0) is 21.3. The van der Waals surface area contributed by atoms with Crippen molar-refractivity contribution in [2.24, 2.45) is 0 Å². The summed E-state index contributed by atoms with van der Waals surface area (Å²) >= 11 is 0. The fourth-order valence-corrected chi connectivity index (χ4v) is 3.06. The molecule has 3 aromatic carbocycles. The minimum atomic E-state index is -0.672. The van der Waals surface area contributed by atoms with E-state index in [0.717, 1.165) is 11.1 Å². The summed E-state index contributed by atoms with van der Waals surface area (Å²) < 4.78 is 12.3. The van der Waals surface area contributed by atoms with Crippen LogP contribution in [0, 0.1) is 0 Å². The number of carbonyl (C=O) groups excluding carboxylic acids is 1. The topological polar surface area (TPSA) is 60.5 Å². The number of rotatable bonds is 8. The number of nitrogens with zero attached hydrogens (tertiary/aromatic N) is 1. The van der Waals surface area contributed by atoms with Crippen molar-refractivity contribution in [1.29, 1.82) is 0 Å². The second kappa shape index (κ2) is 10.2. The molecule has 1 amide bonds. The molecule has 31 heavy (non-hydrogen) atoms. The van der Waals surface area contributed by atoms with Crippen LogP contribution in [0.25, 0.3) is 0 Å². The summed E-state index contributed by atoms with van der Waals surface area (Å²) in [5, 5.41) is 2.85. The second-order valence-electron chi connectivity index (χ2n) is 6.85. The van der Waals surface area contributed by atoms with Gasteiger partial charge in [0, 0.05) is 11.8 Å². The van der Waals surface area contributed by atoms with Gasteiger partial charge in [0.2, 0.25) is 6.29 Å². The van der Waals surface area contributed by atoms with Crippen LogP contribution in [-0.4, -0.2) is 10.9 Å². The van der Waals surface area contributed by atoms with Crippen molar-refractivity contribution in [3.05, 3.63) is 126 Å². The third-order valence-corrected chi connectivity index (χ3v) is 4.60. The number of ether oxygens (including phenoxy) is 2. The van der Waals surface area contributed by atoms with E-state index in [2.05, 4.69) is 10.3 Å². The Labute approximate surface area is 181 Å². The van der Waals surface area contributed by atoms with Crippen LogP contribution in [0.2, 0.25) is 0 Å². The van der Waals surface area contributed by atoms with Gasteiger partial charge in [-0.1, -0.05) is 72.8 Å². The molecule has 154 valence electrons. The van der Waals surface area contributed by atoms with Gasteiger partial charge in [-0.2, -0.15) is 0 Å². The van der Waals surface area contributed by atoms with Crippen LogP contribution >= 0.6 is 0 Å². The molecule has 5 nitrogen and oxygen atoms in total. The zero-order valence-electron chi connectivity index (χ0n) is 16.8. The van der Waals surface area contributed by atoms with Crippen molar-refractivity contribution in [1.82, 2.24) is 4.98 Å². The number of nitrogens with one attached hydrogen (secondary N) is 1. The van der Waals surface area contributed by atoms with Crippen molar-refractivity contribution in [3.63, 3.8) is 0 Å². The lowest BCUT2D eigenvalue weighted by atomic mass is 10.1. The number of aromatic nitrogens is 1. The molecule has 1 aromatic heterocycles. The highest BCUT2D eigenvalue weighted by atomic mass is 16.7. The summed E-state index contributed by atoms with van der Waals surface area (Å²) in [4.78, 5) is 16.9. The van der Waals surface area contributed by atoms with Crippen molar-refractivity contribution in [2.45, 2.75) is 12.9 Å². The first-order valence-electron chi connectivity index (χ1n) is 9.97. The van der Waals surface area contributed by atoms with E-state index in [4.69, 9.17) is 9.47 Å². The predicted molar refractivity (Wildman–Crippen MR) is 120 cm³/mol. The van der Waals surface area contributed by atoms with E-state index in [1.807, 2.05) is 66.7 Å². The van der Waals surface area contributed by atoms with Gasteiger partial charge in [-0.3, -0.25) is 9.78 Å². The van der Waals surface area contributed by atoms with Crippen LogP contribution in [0.3, 0.4) is 0 Å². The van der Waals surface area contributed by atoms with E-state index < -0.39 is 6.29 Å². The van der Waals surface area contributed by atoms with Gasteiger partial charge in [0.1, 0.15) is 5.75 Å². The Bertz CT molecular complexity index is 1100. The normalized spacial score (nSPS) is 11.5. The Morgan fingerprint density at radius 3 is 2.29 bits per heavy atom. The fourth-order valence-electron chi connectivity index (χ4n) is 3.06. The highest BCUT2D eigenvalue weighted by Gasteiger charge is 2.19. The molecule has 5 heteroatoms. The fraction of sp³-hybridized carbons (Fsp3) is 0.0769. The van der Waals surface area contributed by atoms with E-state index in [1.165, 1.54) is 0 Å². The number of para-hydroxylation sites is 1. The summed E-state index contributed by atoms with van der Waals surface area (Å²) in [6.07, 6.45) is 2.58. The second-order valence-corrected chi connectivity index (χ2v) is 6.85. The van der Waals surface area contributed by atoms with E-state index in [0.29, 0.717) is 23.6 Å². The van der Waals surface area contributed by atoms with Gasteiger partial charge in [-0.05, 0) is 29.8 Å². The summed E-state index contributed by atoms with van der Waals surface area (Å²) in [7, 11) is 0. The molecule has 0 bridgehead atoms. The number of pyridine rings is 1. The Balaban J connectivity index is 1.56. The van der Waals surface area contributed by atoms with Crippen LogP contribution in [0.1, 0.15) is 27.8 Å². The molecular weight excluding hydrogens is 388 g/mol. The number of amides is 1. The molecule has 1 heterocycles. The molecule has 0 aliphatic heterocycles. The van der Waals surface area contributed by atoms with Gasteiger partial charge in [-0.25, -0.2) is 0 Å². The molecule has 0 saturated heterocycles. The molecule has 0 fully saturated rings. The monoisotopic (exact) mass is 410 g/mol. The third-order valence-electron chi connectivity index (χ3n) is 4.60. The third kappa shape index (κ3) is 5.56. The lowest BCUT2D eigenvalue weighted by Crippen LogP contribution is -2.17. The molecule has 0 aliphatic rings. The Hall–Kier alpha value is -3.96. The summed E-state index contributed by atoms with van der Waals surface area (Å²) in [6.45, 7) is 0.379. The standard InChI is InChI=1S/C26H22N2O3/c29-25(28-22-14-9-17-27-18-22)23-15-7-8-16-24(23)31-26(21-12-5-2-6-13-21)30-19-20-10-3-1-4-11-20/h1-18,26H,19H2,(H,28,29). The maximum absolute atomic E-state index is 12.9. The molecule has 4 aromatic rings. The van der Waals surface area contributed by atoms with Crippen LogP contribution in [0.15, 0.2) is 109 Å². The van der Waals surface area contributed by atoms with Crippen molar-refractivity contribution in [3.8, 4) is 5.75 Å². The quantitative estimate of drug-likeness (QED) is 0.383. The molecule has 4 rings (SSSR count).